The molecule has 2 saturated heterocycles. The Morgan fingerprint density at radius 1 is 1.28 bits per heavy atom. The van der Waals surface area contributed by atoms with Gasteiger partial charge in [-0.25, -0.2) is 0 Å². The van der Waals surface area contributed by atoms with E-state index in [1.807, 2.05) is 11.8 Å². The summed E-state index contributed by atoms with van der Waals surface area (Å²) in [6, 6.07) is 0.712. The van der Waals surface area contributed by atoms with Crippen LogP contribution in [0, 0.1) is 11.8 Å². The van der Waals surface area contributed by atoms with Gasteiger partial charge in [-0.3, -0.25) is 4.79 Å². The van der Waals surface area contributed by atoms with Gasteiger partial charge < -0.3 is 10.6 Å². The molecule has 4 atom stereocenters. The highest BCUT2D eigenvalue weighted by atomic mass is 32.2. The molecule has 4 heteroatoms. The topological polar surface area (TPSA) is 41.1 Å². The smallest absolute Gasteiger partial charge is 0.237 e. The molecule has 0 aromatic heterocycles. The van der Waals surface area contributed by atoms with Crippen LogP contribution in [-0.2, 0) is 4.79 Å². The van der Waals surface area contributed by atoms with Crippen LogP contribution in [0.3, 0.4) is 0 Å². The Hall–Kier alpha value is -0.220. The summed E-state index contributed by atoms with van der Waals surface area (Å²) in [6.45, 7) is 0.888. The van der Waals surface area contributed by atoms with Crippen molar-refractivity contribution in [2.24, 2.45) is 11.8 Å². The van der Waals surface area contributed by atoms with Gasteiger partial charge in [0.15, 0.2) is 0 Å². The number of carbonyl (C=O) groups excluding carboxylic acids is 1. The van der Waals surface area contributed by atoms with Crippen LogP contribution >= 0.6 is 11.8 Å². The Labute approximate surface area is 114 Å². The highest BCUT2D eigenvalue weighted by molar-refractivity contribution is 7.99. The van der Waals surface area contributed by atoms with E-state index in [-0.39, 0.29) is 11.9 Å². The SMILES string of the molecule is O=C(NCC1CCSC1)C1CC2CCCCC2N1. The molecule has 3 fully saturated rings. The molecule has 3 rings (SSSR count). The number of thioether (sulfide) groups is 1. The number of carbonyl (C=O) groups is 1. The normalized spacial score (nSPS) is 39.6. The Kier molecular flexibility index (Phi) is 4.14. The van der Waals surface area contributed by atoms with E-state index in [0.717, 1.165) is 18.9 Å². The van der Waals surface area contributed by atoms with Gasteiger partial charge >= 0.3 is 0 Å². The van der Waals surface area contributed by atoms with Crippen molar-refractivity contribution >= 4 is 17.7 Å². The Bertz CT molecular complexity index is 290. The van der Waals surface area contributed by atoms with Gasteiger partial charge in [-0.1, -0.05) is 12.8 Å². The highest BCUT2D eigenvalue weighted by Crippen LogP contribution is 2.33. The zero-order chi connectivity index (χ0) is 12.4. The van der Waals surface area contributed by atoms with E-state index in [1.165, 1.54) is 43.6 Å². The Morgan fingerprint density at radius 3 is 2.94 bits per heavy atom. The van der Waals surface area contributed by atoms with Crippen LogP contribution in [0.15, 0.2) is 0 Å². The third-order valence-corrected chi connectivity index (χ3v) is 6.00. The van der Waals surface area contributed by atoms with Gasteiger partial charge in [-0.05, 0) is 49.0 Å². The molecule has 0 bridgehead atoms. The molecule has 102 valence electrons. The van der Waals surface area contributed by atoms with Gasteiger partial charge in [0.25, 0.3) is 0 Å². The lowest BCUT2D eigenvalue weighted by Crippen LogP contribution is -2.44. The first-order valence-electron chi connectivity index (χ1n) is 7.44. The fourth-order valence-electron chi connectivity index (χ4n) is 3.63. The maximum absolute atomic E-state index is 12.2. The summed E-state index contributed by atoms with van der Waals surface area (Å²) in [4.78, 5) is 12.2. The third-order valence-electron chi connectivity index (χ3n) is 4.77. The lowest BCUT2D eigenvalue weighted by atomic mass is 9.85. The van der Waals surface area contributed by atoms with E-state index >= 15 is 0 Å². The molecule has 1 saturated carbocycles. The van der Waals surface area contributed by atoms with Gasteiger partial charge in [0.1, 0.15) is 0 Å². The predicted octanol–water partition coefficient (Wildman–Crippen LogP) is 1.78. The number of nitrogens with one attached hydrogen (secondary N) is 2. The standard InChI is InChI=1S/C14H24N2OS/c17-14(15-8-10-5-6-18-9-10)13-7-11-3-1-2-4-12(11)16-13/h10-13,16H,1-9H2,(H,15,17). The van der Waals surface area contributed by atoms with Crippen molar-refractivity contribution in [2.75, 3.05) is 18.1 Å². The van der Waals surface area contributed by atoms with Gasteiger partial charge in [-0.2, -0.15) is 11.8 Å². The molecular formula is C14H24N2OS. The molecule has 0 spiro atoms. The minimum absolute atomic E-state index is 0.0900. The molecular weight excluding hydrogens is 244 g/mol. The second-order valence-corrected chi connectivity index (χ2v) is 7.23. The number of hydrogen-bond donors (Lipinski definition) is 2. The van der Waals surface area contributed by atoms with Crippen LogP contribution in [0.5, 0.6) is 0 Å². The fraction of sp³-hybridized carbons (Fsp3) is 0.929. The lowest BCUT2D eigenvalue weighted by molar-refractivity contribution is -0.123. The minimum atomic E-state index is 0.0900. The second kappa shape index (κ2) is 5.83. The molecule has 2 aliphatic heterocycles. The number of hydrogen-bond acceptors (Lipinski definition) is 3. The zero-order valence-corrected chi connectivity index (χ0v) is 11.8. The largest absolute Gasteiger partial charge is 0.354 e. The first kappa shape index (κ1) is 12.8. The minimum Gasteiger partial charge on any atom is -0.354 e. The second-order valence-electron chi connectivity index (χ2n) is 6.08. The molecule has 1 amide bonds. The van der Waals surface area contributed by atoms with Crippen molar-refractivity contribution in [3.8, 4) is 0 Å². The van der Waals surface area contributed by atoms with E-state index in [2.05, 4.69) is 10.6 Å². The summed E-state index contributed by atoms with van der Waals surface area (Å²) in [5.74, 6) is 4.22. The molecule has 3 nitrogen and oxygen atoms in total. The van der Waals surface area contributed by atoms with Gasteiger partial charge in [0.2, 0.25) is 5.91 Å². The summed E-state index contributed by atoms with van der Waals surface area (Å²) in [5.41, 5.74) is 0. The van der Waals surface area contributed by atoms with Crippen molar-refractivity contribution in [1.82, 2.24) is 10.6 Å². The quantitative estimate of drug-likeness (QED) is 0.820. The molecule has 1 aliphatic carbocycles. The predicted molar refractivity (Wildman–Crippen MR) is 75.7 cm³/mol. The average molecular weight is 268 g/mol. The number of amides is 1. The van der Waals surface area contributed by atoms with Crippen LogP contribution in [0.2, 0.25) is 0 Å². The van der Waals surface area contributed by atoms with E-state index in [1.54, 1.807) is 0 Å². The molecule has 2 heterocycles. The van der Waals surface area contributed by atoms with E-state index in [4.69, 9.17) is 0 Å². The van der Waals surface area contributed by atoms with Crippen LogP contribution in [0.1, 0.15) is 38.5 Å². The van der Waals surface area contributed by atoms with Crippen LogP contribution in [0.4, 0.5) is 0 Å². The van der Waals surface area contributed by atoms with Crippen molar-refractivity contribution < 1.29 is 4.79 Å². The molecule has 3 aliphatic rings. The van der Waals surface area contributed by atoms with Crippen LogP contribution in [0.25, 0.3) is 0 Å². The van der Waals surface area contributed by atoms with Crippen molar-refractivity contribution in [1.29, 1.82) is 0 Å². The molecule has 4 unspecified atom stereocenters. The van der Waals surface area contributed by atoms with E-state index < -0.39 is 0 Å². The maximum Gasteiger partial charge on any atom is 0.237 e. The Morgan fingerprint density at radius 2 is 2.17 bits per heavy atom. The summed E-state index contributed by atoms with van der Waals surface area (Å²) in [6.07, 6.45) is 7.62. The maximum atomic E-state index is 12.2. The summed E-state index contributed by atoms with van der Waals surface area (Å²) in [5, 5.41) is 6.71. The zero-order valence-electron chi connectivity index (χ0n) is 11.0. The fourth-order valence-corrected chi connectivity index (χ4v) is 4.92. The molecule has 2 N–H and O–H groups in total. The monoisotopic (exact) mass is 268 g/mol. The van der Waals surface area contributed by atoms with Crippen molar-refractivity contribution in [3.05, 3.63) is 0 Å². The first-order valence-corrected chi connectivity index (χ1v) is 8.60. The summed E-state index contributed by atoms with van der Waals surface area (Å²) < 4.78 is 0. The molecule has 0 aromatic rings. The average Bonchev–Trinajstić information content (AvgIpc) is 3.04. The lowest BCUT2D eigenvalue weighted by Gasteiger charge is -2.24. The van der Waals surface area contributed by atoms with Gasteiger partial charge in [0, 0.05) is 12.6 Å². The van der Waals surface area contributed by atoms with Crippen LogP contribution < -0.4 is 10.6 Å². The molecule has 18 heavy (non-hydrogen) atoms. The molecule has 0 aromatic carbocycles. The molecule has 0 radical (unpaired) electrons. The van der Waals surface area contributed by atoms with E-state index in [0.29, 0.717) is 12.0 Å². The van der Waals surface area contributed by atoms with Crippen molar-refractivity contribution in [3.63, 3.8) is 0 Å². The van der Waals surface area contributed by atoms with Gasteiger partial charge in [0.05, 0.1) is 6.04 Å². The van der Waals surface area contributed by atoms with Crippen molar-refractivity contribution in [2.45, 2.75) is 50.6 Å². The van der Waals surface area contributed by atoms with Gasteiger partial charge in [-0.15, -0.1) is 0 Å². The third kappa shape index (κ3) is 2.85. The summed E-state index contributed by atoms with van der Waals surface area (Å²) in [7, 11) is 0. The number of rotatable bonds is 3. The Balaban J connectivity index is 1.45. The summed E-state index contributed by atoms with van der Waals surface area (Å²) >= 11 is 2.02. The first-order chi connectivity index (χ1) is 8.83. The number of fused-ring (bicyclic) bond motifs is 1. The van der Waals surface area contributed by atoms with E-state index in [9.17, 15) is 4.79 Å². The highest BCUT2D eigenvalue weighted by Gasteiger charge is 2.38. The van der Waals surface area contributed by atoms with Crippen LogP contribution in [-0.4, -0.2) is 36.0 Å².